The molecule has 18 heavy (non-hydrogen) atoms. The molecule has 5 heteroatoms. The van der Waals surface area contributed by atoms with Crippen molar-refractivity contribution in [2.24, 2.45) is 0 Å². The minimum atomic E-state index is -1.18. The second-order valence-electron chi connectivity index (χ2n) is 4.37. The molecule has 5 nitrogen and oxygen atoms in total. The number of nitrogens with one attached hydrogen (secondary N) is 1. The summed E-state index contributed by atoms with van der Waals surface area (Å²) in [6, 6.07) is -0.728. The van der Waals surface area contributed by atoms with Gasteiger partial charge in [-0.3, -0.25) is 0 Å². The van der Waals surface area contributed by atoms with Crippen LogP contribution in [0.1, 0.15) is 58.8 Å². The third-order valence-electron chi connectivity index (χ3n) is 2.67. The minimum absolute atomic E-state index is 0.378. The predicted octanol–water partition coefficient (Wildman–Crippen LogP) is 2.94. The Morgan fingerprint density at radius 1 is 1.11 bits per heavy atom. The molecule has 0 radical (unpaired) electrons. The Balaban J connectivity index is 3.92. The number of amides is 1. The number of unbranched alkanes of at least 4 members (excludes halogenated alkanes) is 4. The largest absolute Gasteiger partial charge is 0.465 e. The molecule has 0 bridgehead atoms. The van der Waals surface area contributed by atoms with Crippen LogP contribution < -0.4 is 5.32 Å². The van der Waals surface area contributed by atoms with Crippen LogP contribution in [0.4, 0.5) is 4.79 Å². The highest BCUT2D eigenvalue weighted by atomic mass is 16.5. The van der Waals surface area contributed by atoms with Gasteiger partial charge >= 0.3 is 12.1 Å². The quantitative estimate of drug-likeness (QED) is 0.467. The van der Waals surface area contributed by atoms with E-state index in [1.54, 1.807) is 0 Å². The molecule has 0 saturated carbocycles. The summed E-state index contributed by atoms with van der Waals surface area (Å²) in [4.78, 5) is 22.2. The maximum atomic E-state index is 11.7. The Morgan fingerprint density at radius 2 is 1.78 bits per heavy atom. The molecule has 0 aliphatic carbocycles. The number of rotatable bonds is 10. The van der Waals surface area contributed by atoms with Crippen LogP contribution in [-0.4, -0.2) is 29.8 Å². The summed E-state index contributed by atoms with van der Waals surface area (Å²) in [6.07, 6.45) is 5.17. The lowest BCUT2D eigenvalue weighted by molar-refractivity contribution is -0.146. The van der Waals surface area contributed by atoms with Crippen molar-refractivity contribution in [3.8, 4) is 0 Å². The lowest BCUT2D eigenvalue weighted by atomic mass is 10.1. The highest BCUT2D eigenvalue weighted by Crippen LogP contribution is 2.05. The molecule has 0 spiro atoms. The fraction of sp³-hybridized carbons (Fsp3) is 0.846. The number of hydrogen-bond acceptors (Lipinski definition) is 3. The third kappa shape index (κ3) is 8.84. The van der Waals surface area contributed by atoms with Gasteiger partial charge in [-0.05, 0) is 12.8 Å². The van der Waals surface area contributed by atoms with Crippen molar-refractivity contribution in [1.82, 2.24) is 5.32 Å². The van der Waals surface area contributed by atoms with Crippen LogP contribution in [0.25, 0.3) is 0 Å². The van der Waals surface area contributed by atoms with Gasteiger partial charge in [0.2, 0.25) is 0 Å². The van der Waals surface area contributed by atoms with Gasteiger partial charge in [-0.25, -0.2) is 9.59 Å². The fourth-order valence-electron chi connectivity index (χ4n) is 1.61. The van der Waals surface area contributed by atoms with Crippen molar-refractivity contribution < 1.29 is 19.4 Å². The second kappa shape index (κ2) is 10.9. The zero-order valence-corrected chi connectivity index (χ0v) is 11.4. The first-order chi connectivity index (χ1) is 8.61. The molecular weight excluding hydrogens is 234 g/mol. The van der Waals surface area contributed by atoms with E-state index in [0.717, 1.165) is 38.5 Å². The molecule has 0 aromatic heterocycles. The molecule has 0 aromatic carbocycles. The van der Waals surface area contributed by atoms with E-state index in [2.05, 4.69) is 12.2 Å². The number of esters is 1. The van der Waals surface area contributed by atoms with Gasteiger partial charge in [0.15, 0.2) is 0 Å². The molecule has 0 aromatic rings. The molecule has 0 aliphatic rings. The van der Waals surface area contributed by atoms with Crippen LogP contribution in [-0.2, 0) is 9.53 Å². The number of carbonyl (C=O) groups is 2. The normalized spacial score (nSPS) is 11.9. The van der Waals surface area contributed by atoms with E-state index in [4.69, 9.17) is 9.84 Å². The highest BCUT2D eigenvalue weighted by molar-refractivity contribution is 5.80. The summed E-state index contributed by atoms with van der Waals surface area (Å²) >= 11 is 0. The topological polar surface area (TPSA) is 75.6 Å². The van der Waals surface area contributed by atoms with Gasteiger partial charge in [-0.1, -0.05) is 46.0 Å². The van der Waals surface area contributed by atoms with E-state index < -0.39 is 18.1 Å². The van der Waals surface area contributed by atoms with Crippen LogP contribution >= 0.6 is 0 Å². The maximum absolute atomic E-state index is 11.7. The van der Waals surface area contributed by atoms with Gasteiger partial charge in [0.25, 0.3) is 0 Å². The Labute approximate surface area is 109 Å². The van der Waals surface area contributed by atoms with Gasteiger partial charge in [0, 0.05) is 0 Å². The lowest BCUT2D eigenvalue weighted by Gasteiger charge is -2.15. The number of carbonyl (C=O) groups excluding carboxylic acids is 1. The Bertz CT molecular complexity index is 243. The van der Waals surface area contributed by atoms with E-state index in [0.29, 0.717) is 13.0 Å². The van der Waals surface area contributed by atoms with E-state index in [1.165, 1.54) is 0 Å². The monoisotopic (exact) mass is 259 g/mol. The second-order valence-corrected chi connectivity index (χ2v) is 4.37. The molecule has 0 heterocycles. The van der Waals surface area contributed by atoms with Crippen molar-refractivity contribution in [1.29, 1.82) is 0 Å². The average Bonchev–Trinajstić information content (AvgIpc) is 2.33. The molecule has 1 amide bonds. The summed E-state index contributed by atoms with van der Waals surface area (Å²) in [5.74, 6) is -0.456. The zero-order valence-electron chi connectivity index (χ0n) is 11.4. The Morgan fingerprint density at radius 3 is 2.33 bits per heavy atom. The Hall–Kier alpha value is -1.26. The van der Waals surface area contributed by atoms with Gasteiger partial charge in [0.05, 0.1) is 6.61 Å². The molecule has 0 rings (SSSR count). The SMILES string of the molecule is CCCCCCOC(=O)C(CCCC)NC(=O)O. The number of ether oxygens (including phenoxy) is 1. The Kier molecular flexibility index (Phi) is 10.1. The molecule has 0 saturated heterocycles. The van der Waals surface area contributed by atoms with Crippen molar-refractivity contribution in [2.75, 3.05) is 6.61 Å². The van der Waals surface area contributed by atoms with E-state index in [-0.39, 0.29) is 0 Å². The van der Waals surface area contributed by atoms with Crippen LogP contribution in [0.2, 0.25) is 0 Å². The van der Waals surface area contributed by atoms with Gasteiger partial charge in [-0.15, -0.1) is 0 Å². The summed E-state index contributed by atoms with van der Waals surface area (Å²) in [5, 5.41) is 10.9. The maximum Gasteiger partial charge on any atom is 0.405 e. The van der Waals surface area contributed by atoms with Gasteiger partial charge in [0.1, 0.15) is 6.04 Å². The summed E-state index contributed by atoms with van der Waals surface area (Å²) in [7, 11) is 0. The first-order valence-electron chi connectivity index (χ1n) is 6.77. The smallest absolute Gasteiger partial charge is 0.405 e. The number of carboxylic acid groups (broad SMARTS) is 1. The van der Waals surface area contributed by atoms with Crippen molar-refractivity contribution in [3.05, 3.63) is 0 Å². The fourth-order valence-corrected chi connectivity index (χ4v) is 1.61. The number of hydrogen-bond donors (Lipinski definition) is 2. The van der Waals surface area contributed by atoms with Crippen LogP contribution in [0.3, 0.4) is 0 Å². The molecule has 106 valence electrons. The van der Waals surface area contributed by atoms with Crippen molar-refractivity contribution >= 4 is 12.1 Å². The highest BCUT2D eigenvalue weighted by Gasteiger charge is 2.21. The standard InChI is InChI=1S/C13H25NO4/c1-3-5-7-8-10-18-12(15)11(9-6-4-2)14-13(16)17/h11,14H,3-10H2,1-2H3,(H,16,17). The first-order valence-corrected chi connectivity index (χ1v) is 6.77. The summed E-state index contributed by atoms with van der Waals surface area (Å²) in [5.41, 5.74) is 0. The molecule has 1 unspecified atom stereocenters. The molecule has 0 aliphatic heterocycles. The van der Waals surface area contributed by atoms with E-state index in [9.17, 15) is 9.59 Å². The first kappa shape index (κ1) is 16.7. The summed E-state index contributed by atoms with van der Waals surface area (Å²) in [6.45, 7) is 4.49. The average molecular weight is 259 g/mol. The summed E-state index contributed by atoms with van der Waals surface area (Å²) < 4.78 is 5.08. The lowest BCUT2D eigenvalue weighted by Crippen LogP contribution is -2.41. The van der Waals surface area contributed by atoms with Crippen molar-refractivity contribution in [3.63, 3.8) is 0 Å². The van der Waals surface area contributed by atoms with Gasteiger partial charge < -0.3 is 15.2 Å². The predicted molar refractivity (Wildman–Crippen MR) is 69.6 cm³/mol. The zero-order chi connectivity index (χ0) is 13.8. The van der Waals surface area contributed by atoms with Gasteiger partial charge in [-0.2, -0.15) is 0 Å². The van der Waals surface area contributed by atoms with Crippen LogP contribution in [0.15, 0.2) is 0 Å². The minimum Gasteiger partial charge on any atom is -0.465 e. The third-order valence-corrected chi connectivity index (χ3v) is 2.67. The van der Waals surface area contributed by atoms with Crippen LogP contribution in [0.5, 0.6) is 0 Å². The molecular formula is C13H25NO4. The van der Waals surface area contributed by atoms with Crippen molar-refractivity contribution in [2.45, 2.75) is 64.8 Å². The molecule has 2 N–H and O–H groups in total. The van der Waals surface area contributed by atoms with Crippen LogP contribution in [0, 0.1) is 0 Å². The van der Waals surface area contributed by atoms with E-state index in [1.807, 2.05) is 6.92 Å². The van der Waals surface area contributed by atoms with E-state index >= 15 is 0 Å². The molecule has 1 atom stereocenters. The molecule has 0 fully saturated rings.